The molecule has 14 heteroatoms. The third-order valence-electron chi connectivity index (χ3n) is 7.80. The van der Waals surface area contributed by atoms with Crippen molar-refractivity contribution in [1.29, 1.82) is 0 Å². The summed E-state index contributed by atoms with van der Waals surface area (Å²) < 4.78 is 121. The molecule has 6 nitrogen and oxygen atoms in total. The van der Waals surface area contributed by atoms with Gasteiger partial charge in [-0.25, -0.2) is 13.4 Å². The topological polar surface area (TPSA) is 64.4 Å². The summed E-state index contributed by atoms with van der Waals surface area (Å²) in [6, 6.07) is -0.332. The summed E-state index contributed by atoms with van der Waals surface area (Å²) in [6.07, 6.45) is -11.2. The number of aryl methyl sites for hydroxylation is 2. The van der Waals surface area contributed by atoms with E-state index in [1.807, 2.05) is 0 Å². The molecule has 1 aromatic heterocycles. The Kier molecular flexibility index (Phi) is 9.44. The van der Waals surface area contributed by atoms with Crippen LogP contribution >= 0.6 is 0 Å². The molecule has 0 aliphatic heterocycles. The number of hydrogen-bond acceptors (Lipinski definition) is 4. The fourth-order valence-corrected chi connectivity index (χ4v) is 10.0. The quantitative estimate of drug-likeness (QED) is 0.251. The summed E-state index contributed by atoms with van der Waals surface area (Å²) >= 11 is 0. The zero-order valence-electron chi connectivity index (χ0n) is 21.6. The summed E-state index contributed by atoms with van der Waals surface area (Å²) in [4.78, 5) is 4.05. The molecule has 0 saturated heterocycles. The molecular formula is C22H37F6N3O3SSi. The molecule has 1 saturated carbocycles. The second-order valence-corrected chi connectivity index (χ2v) is 16.1. The molecule has 0 radical (unpaired) electrons. The Labute approximate surface area is 210 Å². The summed E-state index contributed by atoms with van der Waals surface area (Å²) in [5, 5.41) is -0.195. The number of sulfonamides is 1. The van der Waals surface area contributed by atoms with Crippen LogP contribution in [0.25, 0.3) is 0 Å². The Morgan fingerprint density at radius 1 is 1.00 bits per heavy atom. The van der Waals surface area contributed by atoms with Gasteiger partial charge in [0.05, 0.1) is 0 Å². The van der Waals surface area contributed by atoms with Crippen LogP contribution in [0.5, 0.6) is 0 Å². The SMILES string of the molecule is CCN(C1CCC(C(O[Si](CC)(CC)CC)(C(F)(F)F)C(F)(F)F)CC1)S(=O)(=O)c1cn(C)c(C)n1. The van der Waals surface area contributed by atoms with Gasteiger partial charge < -0.3 is 8.99 Å². The van der Waals surface area contributed by atoms with Gasteiger partial charge in [0.25, 0.3) is 15.6 Å². The first-order chi connectivity index (χ1) is 16.5. The first-order valence-corrected chi connectivity index (χ1v) is 16.3. The minimum atomic E-state index is -5.66. The molecule has 0 atom stereocenters. The van der Waals surface area contributed by atoms with Crippen molar-refractivity contribution in [2.45, 2.75) is 107 Å². The Balaban J connectivity index is 2.42. The lowest BCUT2D eigenvalue weighted by atomic mass is 9.74. The number of alkyl halides is 6. The third-order valence-corrected chi connectivity index (χ3v) is 14.3. The van der Waals surface area contributed by atoms with Crippen molar-refractivity contribution < 1.29 is 39.2 Å². The Morgan fingerprint density at radius 2 is 1.47 bits per heavy atom. The van der Waals surface area contributed by atoms with Crippen LogP contribution in [0.3, 0.4) is 0 Å². The predicted octanol–water partition coefficient (Wildman–Crippen LogP) is 6.18. The van der Waals surface area contributed by atoms with Crippen molar-refractivity contribution in [3.63, 3.8) is 0 Å². The van der Waals surface area contributed by atoms with Crippen LogP contribution in [0.1, 0.15) is 59.2 Å². The summed E-state index contributed by atoms with van der Waals surface area (Å²) in [5.74, 6) is -1.40. The van der Waals surface area contributed by atoms with Gasteiger partial charge in [0.1, 0.15) is 5.82 Å². The van der Waals surface area contributed by atoms with Crippen LogP contribution in [0, 0.1) is 12.8 Å². The fourth-order valence-electron chi connectivity index (χ4n) is 5.30. The van der Waals surface area contributed by atoms with E-state index in [4.69, 9.17) is 4.43 Å². The molecule has 1 heterocycles. The predicted molar refractivity (Wildman–Crippen MR) is 126 cm³/mol. The highest BCUT2D eigenvalue weighted by Crippen LogP contribution is 2.56. The van der Waals surface area contributed by atoms with Gasteiger partial charge in [-0.15, -0.1) is 0 Å². The first kappa shape index (κ1) is 31.1. The Morgan fingerprint density at radius 3 is 1.81 bits per heavy atom. The number of imidazole rings is 1. The Hall–Kier alpha value is -1.12. The molecule has 0 aromatic carbocycles. The normalized spacial score (nSPS) is 20.8. The van der Waals surface area contributed by atoms with Crippen LogP contribution < -0.4 is 0 Å². The molecule has 0 N–H and O–H groups in total. The molecule has 0 spiro atoms. The number of aromatic nitrogens is 2. The molecule has 0 bridgehead atoms. The van der Waals surface area contributed by atoms with Crippen molar-refractivity contribution >= 4 is 18.3 Å². The van der Waals surface area contributed by atoms with Crippen LogP contribution in [0.15, 0.2) is 11.2 Å². The van der Waals surface area contributed by atoms with E-state index >= 15 is 0 Å². The fraction of sp³-hybridized carbons (Fsp3) is 0.864. The van der Waals surface area contributed by atoms with Crippen molar-refractivity contribution in [2.24, 2.45) is 13.0 Å². The van der Waals surface area contributed by atoms with Crippen LogP contribution in [-0.4, -0.2) is 61.1 Å². The molecular weight excluding hydrogens is 528 g/mol. The third kappa shape index (κ3) is 5.51. The van der Waals surface area contributed by atoms with E-state index in [2.05, 4.69) is 4.98 Å². The van der Waals surface area contributed by atoms with Crippen LogP contribution in [0.2, 0.25) is 18.1 Å². The molecule has 210 valence electrons. The van der Waals surface area contributed by atoms with Crippen LogP contribution in [-0.2, 0) is 21.5 Å². The van der Waals surface area contributed by atoms with Gasteiger partial charge in [0.15, 0.2) is 13.3 Å². The van der Waals surface area contributed by atoms with Gasteiger partial charge in [-0.1, -0.05) is 27.7 Å². The number of hydrogen-bond donors (Lipinski definition) is 0. The second-order valence-electron chi connectivity index (χ2n) is 9.53. The van der Waals surface area contributed by atoms with Crippen molar-refractivity contribution in [3.05, 3.63) is 12.0 Å². The lowest BCUT2D eigenvalue weighted by Gasteiger charge is -2.50. The number of halogens is 6. The monoisotopic (exact) mass is 565 g/mol. The lowest BCUT2D eigenvalue weighted by Crippen LogP contribution is -2.68. The van der Waals surface area contributed by atoms with Gasteiger partial charge in [0, 0.05) is 31.7 Å². The largest absolute Gasteiger partial charge is 0.425 e. The van der Waals surface area contributed by atoms with Crippen LogP contribution in [0.4, 0.5) is 26.3 Å². The van der Waals surface area contributed by atoms with E-state index in [9.17, 15) is 34.8 Å². The van der Waals surface area contributed by atoms with E-state index in [1.165, 1.54) is 10.8 Å². The van der Waals surface area contributed by atoms with Gasteiger partial charge in [-0.05, 0) is 50.7 Å². The van der Waals surface area contributed by atoms with Crippen molar-refractivity contribution in [2.75, 3.05) is 6.54 Å². The maximum absolute atomic E-state index is 14.4. The smallest absolute Gasteiger partial charge is 0.396 e. The molecule has 1 aliphatic carbocycles. The zero-order chi connectivity index (χ0) is 27.7. The van der Waals surface area contributed by atoms with E-state index in [0.29, 0.717) is 5.82 Å². The van der Waals surface area contributed by atoms with Gasteiger partial charge in [-0.2, -0.15) is 30.6 Å². The van der Waals surface area contributed by atoms with E-state index in [0.717, 1.165) is 4.31 Å². The minimum Gasteiger partial charge on any atom is -0.396 e. The summed E-state index contributed by atoms with van der Waals surface area (Å²) in [5.41, 5.74) is -4.27. The average molecular weight is 566 g/mol. The average Bonchev–Trinajstić information content (AvgIpc) is 3.13. The maximum atomic E-state index is 14.4. The van der Waals surface area contributed by atoms with E-state index in [1.54, 1.807) is 41.7 Å². The van der Waals surface area contributed by atoms with Gasteiger partial charge >= 0.3 is 12.4 Å². The second kappa shape index (κ2) is 10.9. The van der Waals surface area contributed by atoms with Crippen molar-refractivity contribution in [3.8, 4) is 0 Å². The number of nitrogens with zero attached hydrogens (tertiary/aromatic N) is 3. The highest BCUT2D eigenvalue weighted by atomic mass is 32.2. The van der Waals surface area contributed by atoms with E-state index in [-0.39, 0.29) is 42.5 Å². The minimum absolute atomic E-state index is 0.0189. The Bertz CT molecular complexity index is 942. The highest BCUT2D eigenvalue weighted by molar-refractivity contribution is 7.89. The number of rotatable bonds is 10. The molecule has 1 aromatic rings. The highest BCUT2D eigenvalue weighted by Gasteiger charge is 2.76. The van der Waals surface area contributed by atoms with Crippen molar-refractivity contribution in [1.82, 2.24) is 13.9 Å². The molecule has 36 heavy (non-hydrogen) atoms. The van der Waals surface area contributed by atoms with Gasteiger partial charge in [0.2, 0.25) is 0 Å². The van der Waals surface area contributed by atoms with Gasteiger partial charge in [-0.3, -0.25) is 0 Å². The first-order valence-electron chi connectivity index (χ1n) is 12.3. The molecule has 0 unspecified atom stereocenters. The molecule has 0 amide bonds. The summed E-state index contributed by atoms with van der Waals surface area (Å²) in [6.45, 7) is 7.97. The van der Waals surface area contributed by atoms with E-state index < -0.39 is 61.1 Å². The standard InChI is InChI=1S/C22H37F6N3O3SSi/c1-7-31(35(32,33)19-15-30(6)16(5)29-19)18-13-11-17(12-14-18)20(21(23,24)25,22(26,27)28)34-36(8-2,9-3)10-4/h15,17-18H,7-14H2,1-6H3. The summed E-state index contributed by atoms with van der Waals surface area (Å²) in [7, 11) is -5.78. The molecule has 2 rings (SSSR count). The zero-order valence-corrected chi connectivity index (χ0v) is 23.4. The molecule has 1 fully saturated rings. The molecule has 1 aliphatic rings. The maximum Gasteiger partial charge on any atom is 0.425 e. The lowest BCUT2D eigenvalue weighted by molar-refractivity contribution is -0.380.